The smallest absolute Gasteiger partial charge is 0.122 e. The number of phenolic OH excluding ortho intramolecular Hbond substituents is 1. The molecular weight excluding hydrogens is 277 g/mol. The molecule has 0 radical (unpaired) electrons. The van der Waals surface area contributed by atoms with Crippen molar-refractivity contribution in [2.75, 3.05) is 6.54 Å². The van der Waals surface area contributed by atoms with Crippen LogP contribution in [0.2, 0.25) is 0 Å². The van der Waals surface area contributed by atoms with Crippen LogP contribution >= 0.6 is 0 Å². The standard InChI is InChI=1S/C19H20FNO/c20-15-5-3-14(4-6-15)19(9-1-10-19)18-17-12-16(22)7-2-13(17)8-11-21-18/h2-5,7,12,15,22H,1,6,8-11H2. The molecule has 1 heterocycles. The molecule has 3 heteroatoms. The number of allylic oxidation sites excluding steroid dienone is 4. The van der Waals surface area contributed by atoms with Gasteiger partial charge in [-0.3, -0.25) is 4.99 Å². The third-order valence-corrected chi connectivity index (χ3v) is 5.26. The highest BCUT2D eigenvalue weighted by Gasteiger charge is 2.46. The Labute approximate surface area is 130 Å². The molecule has 1 fully saturated rings. The van der Waals surface area contributed by atoms with Gasteiger partial charge in [0.05, 0.1) is 5.71 Å². The summed E-state index contributed by atoms with van der Waals surface area (Å²) in [5.74, 6) is 0.291. The Kier molecular flexibility index (Phi) is 3.17. The monoisotopic (exact) mass is 297 g/mol. The first-order chi connectivity index (χ1) is 10.7. The van der Waals surface area contributed by atoms with E-state index in [2.05, 4.69) is 0 Å². The van der Waals surface area contributed by atoms with Crippen LogP contribution in [0.5, 0.6) is 5.75 Å². The van der Waals surface area contributed by atoms with Crippen LogP contribution in [0.15, 0.2) is 47.0 Å². The highest BCUT2D eigenvalue weighted by atomic mass is 19.1. The van der Waals surface area contributed by atoms with Crippen molar-refractivity contribution in [3.05, 3.63) is 53.1 Å². The predicted octanol–water partition coefficient (Wildman–Crippen LogP) is 4.13. The van der Waals surface area contributed by atoms with Gasteiger partial charge in [-0.2, -0.15) is 0 Å². The van der Waals surface area contributed by atoms with Gasteiger partial charge in [-0.15, -0.1) is 0 Å². The molecule has 3 aliphatic rings. The summed E-state index contributed by atoms with van der Waals surface area (Å²) >= 11 is 0. The van der Waals surface area contributed by atoms with Crippen LogP contribution < -0.4 is 0 Å². The van der Waals surface area contributed by atoms with Crippen molar-refractivity contribution in [2.45, 2.75) is 38.3 Å². The van der Waals surface area contributed by atoms with E-state index in [1.165, 1.54) is 17.6 Å². The number of aromatic hydroxyl groups is 1. The van der Waals surface area contributed by atoms with Gasteiger partial charge in [-0.05, 0) is 42.5 Å². The largest absolute Gasteiger partial charge is 0.508 e. The van der Waals surface area contributed by atoms with Gasteiger partial charge < -0.3 is 5.11 Å². The Hall–Kier alpha value is -1.90. The van der Waals surface area contributed by atoms with Crippen LogP contribution in [0, 0.1) is 5.41 Å². The zero-order chi connectivity index (χ0) is 15.2. The van der Waals surface area contributed by atoms with Gasteiger partial charge >= 0.3 is 0 Å². The van der Waals surface area contributed by atoms with Gasteiger partial charge in [0.2, 0.25) is 0 Å². The van der Waals surface area contributed by atoms with Crippen LogP contribution in [0.25, 0.3) is 0 Å². The minimum Gasteiger partial charge on any atom is -0.508 e. The second kappa shape index (κ2) is 5.08. The predicted molar refractivity (Wildman–Crippen MR) is 86.2 cm³/mol. The number of hydrogen-bond donors (Lipinski definition) is 1. The maximum absolute atomic E-state index is 13.4. The number of nitrogens with zero attached hydrogens (tertiary/aromatic N) is 1. The summed E-state index contributed by atoms with van der Waals surface area (Å²) in [4.78, 5) is 4.84. The summed E-state index contributed by atoms with van der Waals surface area (Å²) < 4.78 is 13.4. The molecule has 0 spiro atoms. The Balaban J connectivity index is 1.79. The fraction of sp³-hybridized carbons (Fsp3) is 0.421. The lowest BCUT2D eigenvalue weighted by Gasteiger charge is -2.46. The number of alkyl halides is 1. The molecule has 4 rings (SSSR count). The number of hydrogen-bond acceptors (Lipinski definition) is 2. The quantitative estimate of drug-likeness (QED) is 0.874. The number of aliphatic imine (C=N–C) groups is 1. The van der Waals surface area contributed by atoms with E-state index >= 15 is 0 Å². The van der Waals surface area contributed by atoms with E-state index < -0.39 is 6.17 Å². The first-order valence-electron chi connectivity index (χ1n) is 8.09. The molecule has 1 aliphatic heterocycles. The van der Waals surface area contributed by atoms with E-state index in [0.717, 1.165) is 37.1 Å². The number of rotatable bonds is 2. The summed E-state index contributed by atoms with van der Waals surface area (Å²) in [6, 6.07) is 5.61. The summed E-state index contributed by atoms with van der Waals surface area (Å²) in [6.45, 7) is 0.803. The van der Waals surface area contributed by atoms with E-state index in [9.17, 15) is 9.50 Å². The first kappa shape index (κ1) is 13.7. The van der Waals surface area contributed by atoms with E-state index in [1.54, 1.807) is 12.1 Å². The van der Waals surface area contributed by atoms with Crippen molar-refractivity contribution in [1.82, 2.24) is 0 Å². The van der Waals surface area contributed by atoms with Crippen LogP contribution in [0.4, 0.5) is 4.39 Å². The zero-order valence-electron chi connectivity index (χ0n) is 12.6. The Morgan fingerprint density at radius 1 is 1.27 bits per heavy atom. The summed E-state index contributed by atoms with van der Waals surface area (Å²) in [6.07, 6.45) is 9.51. The van der Waals surface area contributed by atoms with Crippen molar-refractivity contribution in [2.24, 2.45) is 10.4 Å². The van der Waals surface area contributed by atoms with Gasteiger partial charge in [0, 0.05) is 23.9 Å². The lowest BCUT2D eigenvalue weighted by atomic mass is 9.58. The Morgan fingerprint density at radius 3 is 2.82 bits per heavy atom. The highest BCUT2D eigenvalue weighted by molar-refractivity contribution is 6.09. The molecule has 22 heavy (non-hydrogen) atoms. The molecule has 1 aromatic rings. The molecule has 0 amide bonds. The SMILES string of the molecule is Oc1ccc2c(c1)C(C1(C3=CCC(F)C=C3)CCC1)=NCC2. The Morgan fingerprint density at radius 2 is 2.14 bits per heavy atom. The Bertz CT molecular complexity index is 697. The molecule has 1 N–H and O–H groups in total. The van der Waals surface area contributed by atoms with Gasteiger partial charge in [-0.25, -0.2) is 4.39 Å². The number of phenols is 1. The van der Waals surface area contributed by atoms with E-state index in [1.807, 2.05) is 24.3 Å². The normalized spacial score (nSPS) is 25.8. The van der Waals surface area contributed by atoms with E-state index in [-0.39, 0.29) is 5.41 Å². The summed E-state index contributed by atoms with van der Waals surface area (Å²) in [5.41, 5.74) is 4.59. The molecule has 0 aromatic heterocycles. The first-order valence-corrected chi connectivity index (χ1v) is 8.09. The lowest BCUT2D eigenvalue weighted by Crippen LogP contribution is -2.42. The minimum atomic E-state index is -0.856. The van der Waals surface area contributed by atoms with Gasteiger partial charge in [0.15, 0.2) is 0 Å². The molecule has 1 aromatic carbocycles. The fourth-order valence-corrected chi connectivity index (χ4v) is 3.93. The lowest BCUT2D eigenvalue weighted by molar-refractivity contribution is 0.286. The van der Waals surface area contributed by atoms with Gasteiger partial charge in [0.1, 0.15) is 11.9 Å². The summed E-state index contributed by atoms with van der Waals surface area (Å²) in [5, 5.41) is 9.87. The van der Waals surface area contributed by atoms with Crippen molar-refractivity contribution in [1.29, 1.82) is 0 Å². The van der Waals surface area contributed by atoms with Crippen LogP contribution in [-0.2, 0) is 6.42 Å². The molecule has 0 saturated heterocycles. The second-order valence-corrected chi connectivity index (χ2v) is 6.53. The van der Waals surface area contributed by atoms with Crippen LogP contribution in [0.3, 0.4) is 0 Å². The maximum atomic E-state index is 13.4. The van der Waals surface area contributed by atoms with Gasteiger partial charge in [0.25, 0.3) is 0 Å². The average Bonchev–Trinajstić information content (AvgIpc) is 2.48. The average molecular weight is 297 g/mol. The van der Waals surface area contributed by atoms with Crippen molar-refractivity contribution in [3.8, 4) is 5.75 Å². The maximum Gasteiger partial charge on any atom is 0.122 e. The molecule has 2 nitrogen and oxygen atoms in total. The van der Waals surface area contributed by atoms with E-state index in [0.29, 0.717) is 12.2 Å². The van der Waals surface area contributed by atoms with Crippen LogP contribution in [-0.4, -0.2) is 23.5 Å². The van der Waals surface area contributed by atoms with Crippen molar-refractivity contribution < 1.29 is 9.50 Å². The van der Waals surface area contributed by atoms with Gasteiger partial charge in [-0.1, -0.05) is 30.7 Å². The molecule has 0 bridgehead atoms. The fourth-order valence-electron chi connectivity index (χ4n) is 3.93. The third kappa shape index (κ3) is 2.03. The molecule has 2 aliphatic carbocycles. The second-order valence-electron chi connectivity index (χ2n) is 6.53. The molecular formula is C19H20FNO. The number of fused-ring (bicyclic) bond motifs is 1. The number of halogens is 1. The minimum absolute atomic E-state index is 0.0698. The molecule has 114 valence electrons. The summed E-state index contributed by atoms with van der Waals surface area (Å²) in [7, 11) is 0. The molecule has 1 saturated carbocycles. The highest BCUT2D eigenvalue weighted by Crippen LogP contribution is 2.52. The van der Waals surface area contributed by atoms with E-state index in [4.69, 9.17) is 4.99 Å². The van der Waals surface area contributed by atoms with Crippen LogP contribution in [0.1, 0.15) is 36.8 Å². The number of benzene rings is 1. The zero-order valence-corrected chi connectivity index (χ0v) is 12.6. The van der Waals surface area contributed by atoms with Crippen molar-refractivity contribution >= 4 is 5.71 Å². The molecule has 1 unspecified atom stereocenters. The third-order valence-electron chi connectivity index (χ3n) is 5.26. The molecule has 1 atom stereocenters. The van der Waals surface area contributed by atoms with Crippen molar-refractivity contribution in [3.63, 3.8) is 0 Å². The topological polar surface area (TPSA) is 32.6 Å².